The van der Waals surface area contributed by atoms with Crippen molar-refractivity contribution in [3.8, 4) is 0 Å². The van der Waals surface area contributed by atoms with E-state index in [2.05, 4.69) is 35.4 Å². The molecule has 3 aromatic rings. The van der Waals surface area contributed by atoms with E-state index in [1.807, 2.05) is 25.1 Å². The van der Waals surface area contributed by atoms with Crippen molar-refractivity contribution in [1.82, 2.24) is 10.2 Å². The SMILES string of the molecule is Cc1oc2ccccc2c1CNc1nnc(CC(C)C)s1. The van der Waals surface area contributed by atoms with Gasteiger partial charge in [-0.2, -0.15) is 0 Å². The number of furan rings is 1. The zero-order valence-corrected chi connectivity index (χ0v) is 13.3. The predicted molar refractivity (Wildman–Crippen MR) is 86.7 cm³/mol. The van der Waals surface area contributed by atoms with Gasteiger partial charge in [0.1, 0.15) is 16.4 Å². The molecule has 1 N–H and O–H groups in total. The van der Waals surface area contributed by atoms with E-state index >= 15 is 0 Å². The van der Waals surface area contributed by atoms with Gasteiger partial charge in [0, 0.05) is 23.9 Å². The van der Waals surface area contributed by atoms with Crippen LogP contribution in [-0.4, -0.2) is 10.2 Å². The summed E-state index contributed by atoms with van der Waals surface area (Å²) in [7, 11) is 0. The van der Waals surface area contributed by atoms with Gasteiger partial charge < -0.3 is 9.73 Å². The molecule has 0 spiro atoms. The molecule has 1 aromatic carbocycles. The first-order valence-corrected chi connectivity index (χ1v) is 7.98. The van der Waals surface area contributed by atoms with Gasteiger partial charge in [-0.25, -0.2) is 0 Å². The molecule has 0 bridgehead atoms. The largest absolute Gasteiger partial charge is 0.461 e. The van der Waals surface area contributed by atoms with E-state index in [0.717, 1.165) is 33.3 Å². The number of anilines is 1. The highest BCUT2D eigenvalue weighted by atomic mass is 32.1. The van der Waals surface area contributed by atoms with Crippen molar-refractivity contribution >= 4 is 27.4 Å². The third-order valence-electron chi connectivity index (χ3n) is 3.37. The monoisotopic (exact) mass is 301 g/mol. The Bertz CT molecular complexity index is 745. The average molecular weight is 301 g/mol. The van der Waals surface area contributed by atoms with Crippen LogP contribution in [0, 0.1) is 12.8 Å². The molecule has 0 aliphatic rings. The molecule has 4 nitrogen and oxygen atoms in total. The van der Waals surface area contributed by atoms with Crippen LogP contribution in [0.5, 0.6) is 0 Å². The zero-order chi connectivity index (χ0) is 14.8. The number of nitrogens with one attached hydrogen (secondary N) is 1. The van der Waals surface area contributed by atoms with Crippen LogP contribution in [0.4, 0.5) is 5.13 Å². The smallest absolute Gasteiger partial charge is 0.205 e. The van der Waals surface area contributed by atoms with Crippen LogP contribution in [0.2, 0.25) is 0 Å². The van der Waals surface area contributed by atoms with E-state index in [1.54, 1.807) is 11.3 Å². The maximum atomic E-state index is 5.77. The number of hydrogen-bond acceptors (Lipinski definition) is 5. The van der Waals surface area contributed by atoms with Crippen LogP contribution in [-0.2, 0) is 13.0 Å². The van der Waals surface area contributed by atoms with Gasteiger partial charge in [-0.15, -0.1) is 10.2 Å². The summed E-state index contributed by atoms with van der Waals surface area (Å²) in [5.74, 6) is 1.56. The molecule has 0 saturated heterocycles. The van der Waals surface area contributed by atoms with Crippen LogP contribution in [0.15, 0.2) is 28.7 Å². The summed E-state index contributed by atoms with van der Waals surface area (Å²) in [5.41, 5.74) is 2.12. The number of fused-ring (bicyclic) bond motifs is 1. The molecule has 0 atom stereocenters. The Morgan fingerprint density at radius 1 is 1.24 bits per heavy atom. The maximum Gasteiger partial charge on any atom is 0.205 e. The number of aryl methyl sites for hydroxylation is 1. The molecular weight excluding hydrogens is 282 g/mol. The number of aromatic nitrogens is 2. The van der Waals surface area contributed by atoms with Gasteiger partial charge in [0.15, 0.2) is 0 Å². The summed E-state index contributed by atoms with van der Waals surface area (Å²) >= 11 is 1.63. The van der Waals surface area contributed by atoms with Crippen molar-refractivity contribution in [3.05, 3.63) is 40.6 Å². The van der Waals surface area contributed by atoms with Crippen molar-refractivity contribution in [2.24, 2.45) is 5.92 Å². The van der Waals surface area contributed by atoms with Gasteiger partial charge >= 0.3 is 0 Å². The second-order valence-electron chi connectivity index (χ2n) is 5.59. The summed E-state index contributed by atoms with van der Waals surface area (Å²) in [6.07, 6.45) is 0.979. The molecule has 2 aromatic heterocycles. The minimum Gasteiger partial charge on any atom is -0.461 e. The van der Waals surface area contributed by atoms with E-state index in [-0.39, 0.29) is 0 Å². The van der Waals surface area contributed by atoms with Crippen molar-refractivity contribution < 1.29 is 4.42 Å². The van der Waals surface area contributed by atoms with E-state index in [1.165, 1.54) is 5.56 Å². The van der Waals surface area contributed by atoms with Crippen LogP contribution in [0.25, 0.3) is 11.0 Å². The van der Waals surface area contributed by atoms with Gasteiger partial charge in [-0.3, -0.25) is 0 Å². The van der Waals surface area contributed by atoms with Crippen molar-refractivity contribution in [2.75, 3.05) is 5.32 Å². The topological polar surface area (TPSA) is 51.0 Å². The lowest BCUT2D eigenvalue weighted by atomic mass is 10.1. The lowest BCUT2D eigenvalue weighted by Crippen LogP contribution is -1.99. The fraction of sp³-hybridized carbons (Fsp3) is 0.375. The summed E-state index contributed by atoms with van der Waals surface area (Å²) in [6, 6.07) is 8.11. The molecule has 110 valence electrons. The highest BCUT2D eigenvalue weighted by molar-refractivity contribution is 7.15. The van der Waals surface area contributed by atoms with Crippen LogP contribution < -0.4 is 5.32 Å². The van der Waals surface area contributed by atoms with E-state index < -0.39 is 0 Å². The highest BCUT2D eigenvalue weighted by Gasteiger charge is 2.11. The Morgan fingerprint density at radius 3 is 2.86 bits per heavy atom. The second-order valence-corrected chi connectivity index (χ2v) is 6.65. The lowest BCUT2D eigenvalue weighted by molar-refractivity contribution is 0.573. The third-order valence-corrected chi connectivity index (χ3v) is 4.27. The van der Waals surface area contributed by atoms with Gasteiger partial charge in [-0.1, -0.05) is 43.4 Å². The minimum atomic E-state index is 0.603. The van der Waals surface area contributed by atoms with Crippen LogP contribution >= 0.6 is 11.3 Å². The fourth-order valence-corrected chi connectivity index (χ4v) is 3.31. The molecule has 0 amide bonds. The first-order chi connectivity index (χ1) is 10.1. The van der Waals surface area contributed by atoms with Crippen molar-refractivity contribution in [2.45, 2.75) is 33.7 Å². The zero-order valence-electron chi connectivity index (χ0n) is 12.5. The van der Waals surface area contributed by atoms with Crippen molar-refractivity contribution in [1.29, 1.82) is 0 Å². The summed E-state index contributed by atoms with van der Waals surface area (Å²) in [6.45, 7) is 7.09. The first-order valence-electron chi connectivity index (χ1n) is 7.16. The lowest BCUT2D eigenvalue weighted by Gasteiger charge is -2.01. The number of nitrogens with zero attached hydrogens (tertiary/aromatic N) is 2. The Morgan fingerprint density at radius 2 is 2.05 bits per heavy atom. The predicted octanol–water partition coefficient (Wildman–Crippen LogP) is 4.40. The number of hydrogen-bond donors (Lipinski definition) is 1. The fourth-order valence-electron chi connectivity index (χ4n) is 2.36. The van der Waals surface area contributed by atoms with Crippen LogP contribution in [0.3, 0.4) is 0 Å². The summed E-state index contributed by atoms with van der Waals surface area (Å²) in [5, 5.41) is 14.9. The van der Waals surface area contributed by atoms with Crippen molar-refractivity contribution in [3.63, 3.8) is 0 Å². The van der Waals surface area contributed by atoms with Gasteiger partial charge in [0.2, 0.25) is 5.13 Å². The average Bonchev–Trinajstić information content (AvgIpc) is 2.99. The standard InChI is InChI=1S/C16H19N3OS/c1-10(2)8-15-18-19-16(21-15)17-9-13-11(3)20-14-7-5-4-6-12(13)14/h4-7,10H,8-9H2,1-3H3,(H,17,19). The van der Waals surface area contributed by atoms with Crippen LogP contribution in [0.1, 0.15) is 30.2 Å². The Balaban J connectivity index is 1.74. The molecule has 3 rings (SSSR count). The molecule has 0 aliphatic carbocycles. The molecular formula is C16H19N3OS. The number of rotatable bonds is 5. The molecule has 0 aliphatic heterocycles. The molecule has 21 heavy (non-hydrogen) atoms. The van der Waals surface area contributed by atoms with E-state index in [0.29, 0.717) is 12.5 Å². The Labute approximate surface area is 128 Å². The Hall–Kier alpha value is -1.88. The molecule has 2 heterocycles. The maximum absolute atomic E-state index is 5.77. The number of para-hydroxylation sites is 1. The Kier molecular flexibility index (Phi) is 3.92. The minimum absolute atomic E-state index is 0.603. The molecule has 0 radical (unpaired) electrons. The molecule has 0 unspecified atom stereocenters. The summed E-state index contributed by atoms with van der Waals surface area (Å²) in [4.78, 5) is 0. The highest BCUT2D eigenvalue weighted by Crippen LogP contribution is 2.26. The molecule has 0 fully saturated rings. The molecule has 5 heteroatoms. The van der Waals surface area contributed by atoms with E-state index in [4.69, 9.17) is 4.42 Å². The van der Waals surface area contributed by atoms with Gasteiger partial charge in [0.25, 0.3) is 0 Å². The normalized spacial score (nSPS) is 11.4. The third kappa shape index (κ3) is 3.08. The first kappa shape index (κ1) is 14.1. The van der Waals surface area contributed by atoms with E-state index in [9.17, 15) is 0 Å². The quantitative estimate of drug-likeness (QED) is 0.758. The summed E-state index contributed by atoms with van der Waals surface area (Å²) < 4.78 is 5.77. The van der Waals surface area contributed by atoms with Gasteiger partial charge in [-0.05, 0) is 18.9 Å². The number of benzene rings is 1. The van der Waals surface area contributed by atoms with Gasteiger partial charge in [0.05, 0.1) is 0 Å². The second kappa shape index (κ2) is 5.85. The molecule has 0 saturated carbocycles.